The number of carbonyl (C=O) groups excluding carboxylic acids is 1. The Morgan fingerprint density at radius 2 is 2.08 bits per heavy atom. The summed E-state index contributed by atoms with van der Waals surface area (Å²) in [6.45, 7) is 6.39. The zero-order valence-electron chi connectivity index (χ0n) is 14.6. The molecule has 0 radical (unpaired) electrons. The summed E-state index contributed by atoms with van der Waals surface area (Å²) >= 11 is 0. The molecule has 0 fully saturated rings. The molecule has 24 heavy (non-hydrogen) atoms. The van der Waals surface area contributed by atoms with Gasteiger partial charge in [-0.1, -0.05) is 26.3 Å². The van der Waals surface area contributed by atoms with E-state index >= 15 is 0 Å². The van der Waals surface area contributed by atoms with Crippen molar-refractivity contribution < 1.29 is 13.2 Å². The molecule has 2 N–H and O–H groups in total. The van der Waals surface area contributed by atoms with Crippen molar-refractivity contribution >= 4 is 27.4 Å². The van der Waals surface area contributed by atoms with Gasteiger partial charge in [0, 0.05) is 18.3 Å². The zero-order valence-corrected chi connectivity index (χ0v) is 15.4. The van der Waals surface area contributed by atoms with Crippen LogP contribution in [0.1, 0.15) is 45.6 Å². The van der Waals surface area contributed by atoms with Crippen LogP contribution in [0.2, 0.25) is 0 Å². The number of anilines is 2. The Labute approximate surface area is 144 Å². The lowest BCUT2D eigenvalue weighted by atomic mass is 10.1. The molecule has 0 bridgehead atoms. The molecule has 0 aromatic heterocycles. The third kappa shape index (κ3) is 4.41. The second-order valence-corrected chi connectivity index (χ2v) is 8.26. The lowest BCUT2D eigenvalue weighted by molar-refractivity contribution is 0.249. The van der Waals surface area contributed by atoms with Gasteiger partial charge in [0.15, 0.2) is 0 Å². The quantitative estimate of drug-likeness (QED) is 0.790. The third-order valence-electron chi connectivity index (χ3n) is 4.28. The van der Waals surface area contributed by atoms with Crippen molar-refractivity contribution in [1.29, 1.82) is 0 Å². The van der Waals surface area contributed by atoms with E-state index in [4.69, 9.17) is 0 Å². The molecule has 134 valence electrons. The van der Waals surface area contributed by atoms with Crippen LogP contribution in [0.4, 0.5) is 16.2 Å². The Bertz CT molecular complexity index is 688. The molecule has 1 aliphatic rings. The molecule has 0 saturated carbocycles. The molecule has 1 unspecified atom stereocenters. The molecule has 0 aliphatic carbocycles. The fraction of sp³-hybridized carbons (Fsp3) is 0.588. The molecule has 1 heterocycles. The number of fused-ring (bicyclic) bond motifs is 1. The first kappa shape index (κ1) is 18.6. The van der Waals surface area contributed by atoms with E-state index in [1.807, 2.05) is 32.9 Å². The van der Waals surface area contributed by atoms with Gasteiger partial charge in [0.05, 0.1) is 11.4 Å². The molecule has 1 aromatic rings. The molecular formula is C17H27N3O3S. The van der Waals surface area contributed by atoms with E-state index in [9.17, 15) is 13.2 Å². The van der Waals surface area contributed by atoms with Gasteiger partial charge >= 0.3 is 6.03 Å². The maximum Gasteiger partial charge on any atom is 0.319 e. The van der Waals surface area contributed by atoms with E-state index in [1.54, 1.807) is 6.07 Å². The molecule has 2 rings (SSSR count). The van der Waals surface area contributed by atoms with Gasteiger partial charge in [-0.3, -0.25) is 4.31 Å². The van der Waals surface area contributed by atoms with E-state index in [0.717, 1.165) is 18.4 Å². The van der Waals surface area contributed by atoms with Gasteiger partial charge in [-0.25, -0.2) is 13.2 Å². The minimum Gasteiger partial charge on any atom is -0.335 e. The number of rotatable bonds is 7. The Morgan fingerprint density at radius 1 is 1.33 bits per heavy atom. The third-order valence-corrected chi connectivity index (χ3v) is 6.13. The van der Waals surface area contributed by atoms with Crippen LogP contribution >= 0.6 is 0 Å². The first-order valence-corrected chi connectivity index (χ1v) is 10.2. The maximum atomic E-state index is 12.5. The number of hydrogen-bond acceptors (Lipinski definition) is 3. The molecule has 1 aliphatic heterocycles. The van der Waals surface area contributed by atoms with Gasteiger partial charge in [0.1, 0.15) is 0 Å². The van der Waals surface area contributed by atoms with Crippen LogP contribution in [-0.2, 0) is 16.4 Å². The minimum absolute atomic E-state index is 0.0883. The SMILES string of the molecule is CCCCS(=O)(=O)N1CCc2ccc(NC(=O)NC(C)CC)cc21. The van der Waals surface area contributed by atoms with Crippen LogP contribution in [-0.4, -0.2) is 32.8 Å². The second-order valence-electron chi connectivity index (χ2n) is 6.24. The van der Waals surface area contributed by atoms with Crippen molar-refractivity contribution in [2.75, 3.05) is 21.9 Å². The Morgan fingerprint density at radius 3 is 2.75 bits per heavy atom. The summed E-state index contributed by atoms with van der Waals surface area (Å²) in [5.41, 5.74) is 2.29. The maximum absolute atomic E-state index is 12.5. The van der Waals surface area contributed by atoms with E-state index in [0.29, 0.717) is 30.8 Å². The number of hydrogen-bond donors (Lipinski definition) is 2. The van der Waals surface area contributed by atoms with Crippen LogP contribution in [0.5, 0.6) is 0 Å². The van der Waals surface area contributed by atoms with Gasteiger partial charge in [0.25, 0.3) is 0 Å². The number of sulfonamides is 1. The molecule has 1 atom stereocenters. The highest BCUT2D eigenvalue weighted by atomic mass is 32.2. The smallest absolute Gasteiger partial charge is 0.319 e. The predicted octanol–water partition coefficient (Wildman–Crippen LogP) is 3.10. The standard InChI is InChI=1S/C17H27N3O3S/c1-4-6-11-24(22,23)20-10-9-14-7-8-15(12-16(14)20)19-17(21)18-13(3)5-2/h7-8,12-13H,4-6,9-11H2,1-3H3,(H2,18,19,21). The number of benzene rings is 1. The highest BCUT2D eigenvalue weighted by Gasteiger charge is 2.29. The summed E-state index contributed by atoms with van der Waals surface area (Å²) < 4.78 is 26.5. The lowest BCUT2D eigenvalue weighted by Gasteiger charge is -2.20. The largest absolute Gasteiger partial charge is 0.335 e. The average molecular weight is 353 g/mol. The lowest BCUT2D eigenvalue weighted by Crippen LogP contribution is -2.35. The normalized spacial score (nSPS) is 15.0. The first-order valence-electron chi connectivity index (χ1n) is 8.58. The Hall–Kier alpha value is -1.76. The number of nitrogens with zero attached hydrogens (tertiary/aromatic N) is 1. The number of amides is 2. The topological polar surface area (TPSA) is 78.5 Å². The molecule has 2 amide bonds. The number of nitrogens with one attached hydrogen (secondary N) is 2. The van der Waals surface area contributed by atoms with Crippen LogP contribution < -0.4 is 14.9 Å². The van der Waals surface area contributed by atoms with E-state index in [1.165, 1.54) is 4.31 Å². The van der Waals surface area contributed by atoms with E-state index in [-0.39, 0.29) is 17.8 Å². The fourth-order valence-electron chi connectivity index (χ4n) is 2.65. The first-order chi connectivity index (χ1) is 11.4. The van der Waals surface area contributed by atoms with Crippen LogP contribution in [0.25, 0.3) is 0 Å². The summed E-state index contributed by atoms with van der Waals surface area (Å²) in [6.07, 6.45) is 3.06. The monoisotopic (exact) mass is 353 g/mol. The summed E-state index contributed by atoms with van der Waals surface area (Å²) in [6, 6.07) is 5.27. The predicted molar refractivity (Wildman–Crippen MR) is 98.1 cm³/mol. The Balaban J connectivity index is 2.15. The number of carbonyl (C=O) groups is 1. The molecule has 6 nitrogen and oxygen atoms in total. The van der Waals surface area contributed by atoms with Crippen molar-refractivity contribution in [3.63, 3.8) is 0 Å². The van der Waals surface area contributed by atoms with Crippen molar-refractivity contribution in [1.82, 2.24) is 5.32 Å². The van der Waals surface area contributed by atoms with Gasteiger partial charge in [0.2, 0.25) is 10.0 Å². The van der Waals surface area contributed by atoms with Gasteiger partial charge in [-0.2, -0.15) is 0 Å². The molecule has 0 saturated heterocycles. The van der Waals surface area contributed by atoms with Crippen LogP contribution in [0, 0.1) is 0 Å². The molecule has 0 spiro atoms. The van der Waals surface area contributed by atoms with Crippen molar-refractivity contribution in [2.24, 2.45) is 0 Å². The summed E-state index contributed by atoms with van der Waals surface area (Å²) in [4.78, 5) is 11.9. The second kappa shape index (κ2) is 7.88. The molecule has 7 heteroatoms. The van der Waals surface area contributed by atoms with Gasteiger partial charge in [-0.15, -0.1) is 0 Å². The minimum atomic E-state index is -3.30. The fourth-order valence-corrected chi connectivity index (χ4v) is 4.36. The summed E-state index contributed by atoms with van der Waals surface area (Å²) in [5.74, 6) is 0.162. The van der Waals surface area contributed by atoms with E-state index < -0.39 is 10.0 Å². The van der Waals surface area contributed by atoms with Crippen molar-refractivity contribution in [3.05, 3.63) is 23.8 Å². The van der Waals surface area contributed by atoms with Gasteiger partial charge in [-0.05, 0) is 43.9 Å². The Kier molecular flexibility index (Phi) is 6.10. The van der Waals surface area contributed by atoms with Gasteiger partial charge < -0.3 is 10.6 Å². The molecular weight excluding hydrogens is 326 g/mol. The molecule has 1 aromatic carbocycles. The van der Waals surface area contributed by atoms with Crippen LogP contribution in [0.3, 0.4) is 0 Å². The summed E-state index contributed by atoms with van der Waals surface area (Å²) in [5, 5.41) is 5.61. The highest BCUT2D eigenvalue weighted by molar-refractivity contribution is 7.92. The van der Waals surface area contributed by atoms with E-state index in [2.05, 4.69) is 10.6 Å². The number of urea groups is 1. The average Bonchev–Trinajstić information content (AvgIpc) is 2.96. The highest BCUT2D eigenvalue weighted by Crippen LogP contribution is 2.33. The number of unbranched alkanes of at least 4 members (excludes halogenated alkanes) is 1. The zero-order chi connectivity index (χ0) is 17.7. The van der Waals surface area contributed by atoms with Crippen molar-refractivity contribution in [2.45, 2.75) is 52.5 Å². The van der Waals surface area contributed by atoms with Crippen LogP contribution in [0.15, 0.2) is 18.2 Å². The summed E-state index contributed by atoms with van der Waals surface area (Å²) in [7, 11) is -3.30. The van der Waals surface area contributed by atoms with Crippen molar-refractivity contribution in [3.8, 4) is 0 Å².